The first-order valence-corrected chi connectivity index (χ1v) is 8.56. The molecule has 1 amide bonds. The zero-order valence-electron chi connectivity index (χ0n) is 12.6. The summed E-state index contributed by atoms with van der Waals surface area (Å²) in [5.74, 6) is -0.692. The first-order chi connectivity index (χ1) is 11.7. The number of pyridine rings is 1. The topological polar surface area (TPSA) is 92.1 Å². The summed E-state index contributed by atoms with van der Waals surface area (Å²) in [6.07, 6.45) is 0. The molecule has 0 bridgehead atoms. The molecule has 5 N–H and O–H groups in total. The number of hydrogen-bond donors (Lipinski definition) is 4. The minimum absolute atomic E-state index is 0.0233. The van der Waals surface area contributed by atoms with E-state index in [1.165, 1.54) is 0 Å². The molecule has 1 aromatic heterocycles. The van der Waals surface area contributed by atoms with E-state index in [2.05, 4.69) is 21.2 Å². The second-order valence-electron chi connectivity index (χ2n) is 4.74. The highest BCUT2D eigenvalue weighted by Crippen LogP contribution is 2.34. The molecule has 0 saturated carbocycles. The maximum absolute atomic E-state index is 12.2. The third-order valence-electron chi connectivity index (χ3n) is 3.09. The second kappa shape index (κ2) is 8.25. The summed E-state index contributed by atoms with van der Waals surface area (Å²) in [6.45, 7) is 1.83. The van der Waals surface area contributed by atoms with Gasteiger partial charge in [0.05, 0.1) is 10.7 Å². The third-order valence-corrected chi connectivity index (χ3v) is 4.84. The molecular weight excluding hydrogens is 428 g/mol. The molecule has 25 heavy (non-hydrogen) atoms. The number of benzene rings is 1. The van der Waals surface area contributed by atoms with Crippen molar-refractivity contribution in [1.29, 1.82) is 0 Å². The molecule has 2 aromatic rings. The van der Waals surface area contributed by atoms with Crippen LogP contribution in [0.1, 0.15) is 16.1 Å². The van der Waals surface area contributed by atoms with Crippen molar-refractivity contribution in [3.8, 4) is 0 Å². The number of rotatable bonds is 2. The molecule has 0 aliphatic rings. The summed E-state index contributed by atoms with van der Waals surface area (Å²) in [5, 5.41) is 3.34. The number of nitrogen functional groups attached to an aromatic ring is 1. The summed E-state index contributed by atoms with van der Waals surface area (Å²) < 4.78 is 0. The van der Waals surface area contributed by atoms with Crippen molar-refractivity contribution in [2.75, 3.05) is 11.1 Å². The molecule has 0 unspecified atom stereocenters. The smallest absolute Gasteiger partial charge is 0.289 e. The lowest BCUT2D eigenvalue weighted by Gasteiger charge is -2.14. The van der Waals surface area contributed by atoms with Crippen molar-refractivity contribution in [3.63, 3.8) is 0 Å². The number of hydrogen-bond acceptors (Lipinski definition) is 4. The number of carbonyl (C=O) groups is 1. The monoisotopic (exact) mass is 437 g/mol. The van der Waals surface area contributed by atoms with Crippen molar-refractivity contribution in [3.05, 3.63) is 49.7 Å². The van der Waals surface area contributed by atoms with Gasteiger partial charge in [0, 0.05) is 10.7 Å². The lowest BCUT2D eigenvalue weighted by atomic mass is 10.2. The molecule has 132 valence electrons. The summed E-state index contributed by atoms with van der Waals surface area (Å²) in [5.41, 5.74) is 11.8. The van der Waals surface area contributed by atoms with Gasteiger partial charge in [-0.05, 0) is 36.8 Å². The normalized spacial score (nSPS) is 10.3. The Morgan fingerprint density at radius 2 is 1.84 bits per heavy atom. The van der Waals surface area contributed by atoms with Crippen molar-refractivity contribution in [2.45, 2.75) is 6.92 Å². The predicted octanol–water partition coefficient (Wildman–Crippen LogP) is 4.22. The lowest BCUT2D eigenvalue weighted by molar-refractivity contribution is 0.0939. The quantitative estimate of drug-likeness (QED) is 0.318. The molecule has 1 aromatic carbocycles. The number of halogens is 4. The number of thiocarbonyl (C=S) groups is 1. The van der Waals surface area contributed by atoms with Crippen molar-refractivity contribution in [1.82, 2.24) is 15.8 Å². The molecule has 0 aliphatic heterocycles. The third kappa shape index (κ3) is 4.56. The Bertz CT molecular complexity index is 862. The van der Waals surface area contributed by atoms with E-state index in [9.17, 15) is 4.79 Å². The maximum atomic E-state index is 12.2. The maximum Gasteiger partial charge on any atom is 0.289 e. The van der Waals surface area contributed by atoms with Crippen LogP contribution in [0.25, 0.3) is 0 Å². The largest absolute Gasteiger partial charge is 0.396 e. The fourth-order valence-electron chi connectivity index (χ4n) is 1.75. The van der Waals surface area contributed by atoms with E-state index in [1.54, 1.807) is 18.2 Å². The van der Waals surface area contributed by atoms with E-state index >= 15 is 0 Å². The number of amides is 1. The predicted molar refractivity (Wildman–Crippen MR) is 107 cm³/mol. The second-order valence-corrected chi connectivity index (χ2v) is 6.67. The highest BCUT2D eigenvalue weighted by atomic mass is 35.5. The van der Waals surface area contributed by atoms with Crippen LogP contribution >= 0.6 is 58.6 Å². The fraction of sp³-hybridized carbons (Fsp3) is 0.0714. The van der Waals surface area contributed by atoms with Crippen LogP contribution in [0.4, 0.5) is 11.4 Å². The number of nitrogens with one attached hydrogen (secondary N) is 3. The number of hydrazine groups is 1. The highest BCUT2D eigenvalue weighted by molar-refractivity contribution is 7.80. The Labute approximate surface area is 168 Å². The zero-order valence-corrected chi connectivity index (χ0v) is 16.4. The lowest BCUT2D eigenvalue weighted by Crippen LogP contribution is -2.44. The molecule has 2 rings (SSSR count). The van der Waals surface area contributed by atoms with Gasteiger partial charge in [-0.25, -0.2) is 4.98 Å². The molecule has 0 saturated heterocycles. The van der Waals surface area contributed by atoms with Crippen LogP contribution in [-0.4, -0.2) is 16.0 Å². The minimum atomic E-state index is -0.692. The Hall–Kier alpha value is -1.51. The molecule has 1 heterocycles. The average molecular weight is 439 g/mol. The van der Waals surface area contributed by atoms with E-state index in [4.69, 9.17) is 64.4 Å². The van der Waals surface area contributed by atoms with Crippen LogP contribution in [0.5, 0.6) is 0 Å². The first-order valence-electron chi connectivity index (χ1n) is 6.64. The molecular formula is C14H11Cl4N5OS. The number of nitrogens with two attached hydrogens (primary N) is 1. The standard InChI is InChI=1S/C14H11Cl4N5OS/c1-5-6(15)3-2-4-7(5)20-14(25)23-22-13(24)11-8(16)10(19)9(17)12(18)21-11/h2-4H,1H3,(H2,19,21)(H,22,24)(H2,20,23,25). The zero-order chi connectivity index (χ0) is 18.7. The summed E-state index contributed by atoms with van der Waals surface area (Å²) in [4.78, 5) is 16.0. The van der Waals surface area contributed by atoms with Crippen LogP contribution in [0.2, 0.25) is 20.2 Å². The molecule has 6 nitrogen and oxygen atoms in total. The molecule has 0 spiro atoms. The Morgan fingerprint density at radius 3 is 2.52 bits per heavy atom. The number of anilines is 2. The summed E-state index contributed by atoms with van der Waals surface area (Å²) in [7, 11) is 0. The van der Waals surface area contributed by atoms with Gasteiger partial charge in [0.2, 0.25) is 0 Å². The molecule has 11 heteroatoms. The van der Waals surface area contributed by atoms with Gasteiger partial charge in [-0.15, -0.1) is 0 Å². The van der Waals surface area contributed by atoms with Gasteiger partial charge in [0.15, 0.2) is 16.0 Å². The molecule has 0 aliphatic carbocycles. The van der Waals surface area contributed by atoms with Crippen LogP contribution in [-0.2, 0) is 0 Å². The average Bonchev–Trinajstić information content (AvgIpc) is 2.58. The minimum Gasteiger partial charge on any atom is -0.396 e. The highest BCUT2D eigenvalue weighted by Gasteiger charge is 2.19. The number of nitrogens with zero attached hydrogens (tertiary/aromatic N) is 1. The van der Waals surface area contributed by atoms with Crippen LogP contribution in [0, 0.1) is 6.92 Å². The van der Waals surface area contributed by atoms with E-state index in [0.717, 1.165) is 5.56 Å². The van der Waals surface area contributed by atoms with Gasteiger partial charge in [0.25, 0.3) is 5.91 Å². The Kier molecular flexibility index (Phi) is 6.53. The van der Waals surface area contributed by atoms with E-state index in [-0.39, 0.29) is 31.7 Å². The molecule has 0 fully saturated rings. The van der Waals surface area contributed by atoms with Crippen LogP contribution in [0.15, 0.2) is 18.2 Å². The SMILES string of the molecule is Cc1c(Cl)cccc1NC(=S)NNC(=O)c1nc(Cl)c(Cl)c(N)c1Cl. The molecule has 0 atom stereocenters. The number of aromatic nitrogens is 1. The summed E-state index contributed by atoms with van der Waals surface area (Å²) >= 11 is 28.7. The fourth-order valence-corrected chi connectivity index (χ4v) is 2.68. The molecule has 0 radical (unpaired) electrons. The van der Waals surface area contributed by atoms with Gasteiger partial charge in [-0.3, -0.25) is 15.6 Å². The van der Waals surface area contributed by atoms with E-state index in [1.807, 2.05) is 6.92 Å². The summed E-state index contributed by atoms with van der Waals surface area (Å²) in [6, 6.07) is 5.30. The van der Waals surface area contributed by atoms with E-state index in [0.29, 0.717) is 10.7 Å². The van der Waals surface area contributed by atoms with Gasteiger partial charge < -0.3 is 11.1 Å². The Morgan fingerprint density at radius 1 is 1.16 bits per heavy atom. The van der Waals surface area contributed by atoms with Gasteiger partial charge >= 0.3 is 0 Å². The Balaban J connectivity index is 2.05. The van der Waals surface area contributed by atoms with Crippen molar-refractivity contribution in [2.24, 2.45) is 0 Å². The van der Waals surface area contributed by atoms with Crippen molar-refractivity contribution < 1.29 is 4.79 Å². The van der Waals surface area contributed by atoms with Gasteiger partial charge in [-0.1, -0.05) is 52.5 Å². The van der Waals surface area contributed by atoms with Gasteiger partial charge in [0.1, 0.15) is 5.02 Å². The van der Waals surface area contributed by atoms with Gasteiger partial charge in [-0.2, -0.15) is 0 Å². The number of carbonyl (C=O) groups excluding carboxylic acids is 1. The first kappa shape index (κ1) is 19.8. The van der Waals surface area contributed by atoms with Crippen LogP contribution < -0.4 is 21.9 Å². The van der Waals surface area contributed by atoms with Crippen LogP contribution in [0.3, 0.4) is 0 Å². The van der Waals surface area contributed by atoms with Crippen molar-refractivity contribution >= 4 is 81.0 Å². The van der Waals surface area contributed by atoms with E-state index < -0.39 is 5.91 Å².